The Kier molecular flexibility index (Phi) is 3.29. The maximum Gasteiger partial charge on any atom is 0.152 e. The van der Waals surface area contributed by atoms with E-state index in [1.807, 2.05) is 0 Å². The summed E-state index contributed by atoms with van der Waals surface area (Å²) in [4.78, 5) is 0. The molecule has 1 aliphatic carbocycles. The minimum atomic E-state index is -2.86. The second kappa shape index (κ2) is 3.77. The zero-order chi connectivity index (χ0) is 10.1. The van der Waals surface area contributed by atoms with Crippen LogP contribution in [0, 0.1) is 5.41 Å². The largest absolute Gasteiger partial charge is 0.229 e. The molecule has 1 aliphatic rings. The van der Waals surface area contributed by atoms with Gasteiger partial charge >= 0.3 is 0 Å². The Labute approximate surface area is 85.6 Å². The fourth-order valence-electron chi connectivity index (χ4n) is 1.22. The summed E-state index contributed by atoms with van der Waals surface area (Å²) < 4.78 is 23.0. The normalized spacial score (nSPS) is 20.6. The highest BCUT2D eigenvalue weighted by atomic mass is 35.5. The summed E-state index contributed by atoms with van der Waals surface area (Å²) in [7, 11) is -2.86. The summed E-state index contributed by atoms with van der Waals surface area (Å²) in [5, 5.41) is -0.251. The van der Waals surface area contributed by atoms with E-state index in [0.29, 0.717) is 11.6 Å². The fraction of sp³-hybridized carbons (Fsp3) is 1.00. The van der Waals surface area contributed by atoms with Gasteiger partial charge in [-0.25, -0.2) is 8.42 Å². The second-order valence-electron chi connectivity index (χ2n) is 4.30. The smallest absolute Gasteiger partial charge is 0.152 e. The van der Waals surface area contributed by atoms with Crippen molar-refractivity contribution in [3.8, 4) is 0 Å². The molecule has 0 unspecified atom stereocenters. The van der Waals surface area contributed by atoms with Crippen LogP contribution in [0.5, 0.6) is 0 Å². The minimum Gasteiger partial charge on any atom is -0.229 e. The lowest BCUT2D eigenvalue weighted by atomic mass is 10.1. The third kappa shape index (κ3) is 2.84. The van der Waals surface area contributed by atoms with E-state index in [0.717, 1.165) is 19.3 Å². The van der Waals surface area contributed by atoms with Crippen LogP contribution in [-0.2, 0) is 9.84 Å². The molecular weight excluding hydrogens is 208 g/mol. The Bertz CT molecular complexity index is 265. The molecule has 0 radical (unpaired) electrons. The highest BCUT2D eigenvalue weighted by molar-refractivity contribution is 7.91. The van der Waals surface area contributed by atoms with E-state index >= 15 is 0 Å². The van der Waals surface area contributed by atoms with Crippen molar-refractivity contribution in [2.24, 2.45) is 5.41 Å². The molecule has 0 bridgehead atoms. The zero-order valence-corrected chi connectivity index (χ0v) is 9.79. The molecule has 0 aliphatic heterocycles. The van der Waals surface area contributed by atoms with Crippen LogP contribution in [-0.4, -0.2) is 25.3 Å². The van der Waals surface area contributed by atoms with Gasteiger partial charge in [-0.15, -0.1) is 11.6 Å². The third-order valence-corrected chi connectivity index (χ3v) is 5.65. The summed E-state index contributed by atoms with van der Waals surface area (Å²) in [6.07, 6.45) is 2.95. The van der Waals surface area contributed by atoms with Crippen molar-refractivity contribution >= 4 is 21.4 Å². The first-order valence-corrected chi connectivity index (χ1v) is 6.94. The van der Waals surface area contributed by atoms with Gasteiger partial charge in [-0.1, -0.05) is 0 Å². The fourth-order valence-corrected chi connectivity index (χ4v) is 2.81. The van der Waals surface area contributed by atoms with Crippen LogP contribution in [0.1, 0.15) is 33.1 Å². The number of halogens is 1. The molecule has 0 aromatic carbocycles. The Morgan fingerprint density at radius 1 is 1.38 bits per heavy atom. The highest BCUT2D eigenvalue weighted by Gasteiger charge is 2.42. The predicted octanol–water partition coefficient (Wildman–Crippen LogP) is 2.22. The van der Waals surface area contributed by atoms with Gasteiger partial charge < -0.3 is 0 Å². The standard InChI is InChI=1S/C9H17ClO2S/c1-8(2)13(11,12)6-5-9(7-10)3-4-9/h8H,3-7H2,1-2H3. The summed E-state index contributed by atoms with van der Waals surface area (Å²) in [6, 6.07) is 0. The van der Waals surface area contributed by atoms with Gasteiger partial charge in [-0.3, -0.25) is 0 Å². The summed E-state index contributed by atoms with van der Waals surface area (Å²) in [5.41, 5.74) is 0.170. The van der Waals surface area contributed by atoms with Gasteiger partial charge in [0.2, 0.25) is 0 Å². The van der Waals surface area contributed by atoms with Gasteiger partial charge in [0, 0.05) is 5.88 Å². The molecule has 0 N–H and O–H groups in total. The van der Waals surface area contributed by atoms with E-state index in [9.17, 15) is 8.42 Å². The van der Waals surface area contributed by atoms with Crippen molar-refractivity contribution in [1.82, 2.24) is 0 Å². The summed E-state index contributed by atoms with van der Waals surface area (Å²) in [5.74, 6) is 0.915. The molecular formula is C9H17ClO2S. The molecule has 0 heterocycles. The van der Waals surface area contributed by atoms with Crippen molar-refractivity contribution < 1.29 is 8.42 Å². The Morgan fingerprint density at radius 3 is 2.23 bits per heavy atom. The average molecular weight is 225 g/mol. The predicted molar refractivity (Wildman–Crippen MR) is 55.9 cm³/mol. The molecule has 1 saturated carbocycles. The number of sulfone groups is 1. The molecule has 1 fully saturated rings. The van der Waals surface area contributed by atoms with Gasteiger partial charge in [-0.05, 0) is 38.5 Å². The lowest BCUT2D eigenvalue weighted by molar-refractivity contribution is 0.537. The summed E-state index contributed by atoms with van der Waals surface area (Å²) >= 11 is 5.77. The molecule has 2 nitrogen and oxygen atoms in total. The van der Waals surface area contributed by atoms with Crippen molar-refractivity contribution in [2.75, 3.05) is 11.6 Å². The van der Waals surface area contributed by atoms with E-state index in [1.54, 1.807) is 13.8 Å². The van der Waals surface area contributed by atoms with E-state index in [2.05, 4.69) is 0 Å². The molecule has 0 aromatic rings. The first-order valence-electron chi connectivity index (χ1n) is 4.69. The zero-order valence-electron chi connectivity index (χ0n) is 8.22. The Hall–Kier alpha value is 0.240. The monoisotopic (exact) mass is 224 g/mol. The Morgan fingerprint density at radius 2 is 1.92 bits per heavy atom. The molecule has 0 aromatic heterocycles. The number of rotatable bonds is 5. The van der Waals surface area contributed by atoms with Crippen LogP contribution in [0.3, 0.4) is 0 Å². The third-order valence-electron chi connectivity index (χ3n) is 2.88. The van der Waals surface area contributed by atoms with E-state index in [-0.39, 0.29) is 10.7 Å². The van der Waals surface area contributed by atoms with Crippen molar-refractivity contribution in [3.63, 3.8) is 0 Å². The number of hydrogen-bond donors (Lipinski definition) is 0. The van der Waals surface area contributed by atoms with Gasteiger partial charge in [0.05, 0.1) is 11.0 Å². The van der Waals surface area contributed by atoms with Crippen LogP contribution in [0.15, 0.2) is 0 Å². The lowest BCUT2D eigenvalue weighted by Crippen LogP contribution is -2.20. The minimum absolute atomic E-state index is 0.170. The molecule has 0 amide bonds. The van der Waals surface area contributed by atoms with Crippen LogP contribution in [0.2, 0.25) is 0 Å². The topological polar surface area (TPSA) is 34.1 Å². The lowest BCUT2D eigenvalue weighted by Gasteiger charge is -2.12. The van der Waals surface area contributed by atoms with Gasteiger partial charge in [0.25, 0.3) is 0 Å². The average Bonchev–Trinajstić information content (AvgIpc) is 2.81. The van der Waals surface area contributed by atoms with Crippen molar-refractivity contribution in [2.45, 2.75) is 38.4 Å². The SMILES string of the molecule is CC(C)S(=O)(=O)CCC1(CCl)CC1. The maximum atomic E-state index is 11.5. The maximum absolute atomic E-state index is 11.5. The van der Waals surface area contributed by atoms with Crippen LogP contribution in [0.4, 0.5) is 0 Å². The van der Waals surface area contributed by atoms with Gasteiger partial charge in [0.15, 0.2) is 9.84 Å². The van der Waals surface area contributed by atoms with Crippen LogP contribution >= 0.6 is 11.6 Å². The van der Waals surface area contributed by atoms with Crippen molar-refractivity contribution in [3.05, 3.63) is 0 Å². The van der Waals surface area contributed by atoms with Crippen LogP contribution < -0.4 is 0 Å². The molecule has 4 heteroatoms. The van der Waals surface area contributed by atoms with Crippen molar-refractivity contribution in [1.29, 1.82) is 0 Å². The number of hydrogen-bond acceptors (Lipinski definition) is 2. The molecule has 0 spiro atoms. The molecule has 78 valence electrons. The quantitative estimate of drug-likeness (QED) is 0.672. The Balaban J connectivity index is 2.43. The van der Waals surface area contributed by atoms with Crippen LogP contribution in [0.25, 0.3) is 0 Å². The molecule has 0 atom stereocenters. The molecule has 0 saturated heterocycles. The molecule has 1 rings (SSSR count). The van der Waals surface area contributed by atoms with E-state index in [1.165, 1.54) is 0 Å². The highest BCUT2D eigenvalue weighted by Crippen LogP contribution is 2.49. The molecule has 13 heavy (non-hydrogen) atoms. The second-order valence-corrected chi connectivity index (χ2v) is 7.24. The van der Waals surface area contributed by atoms with Gasteiger partial charge in [-0.2, -0.15) is 0 Å². The number of alkyl halides is 1. The summed E-state index contributed by atoms with van der Waals surface area (Å²) in [6.45, 7) is 3.46. The first-order chi connectivity index (χ1) is 5.92. The van der Waals surface area contributed by atoms with Gasteiger partial charge in [0.1, 0.15) is 0 Å². The van der Waals surface area contributed by atoms with E-state index in [4.69, 9.17) is 11.6 Å². The van der Waals surface area contributed by atoms with E-state index < -0.39 is 9.84 Å². The first kappa shape index (κ1) is 11.3.